The van der Waals surface area contributed by atoms with Crippen molar-refractivity contribution in [3.63, 3.8) is 0 Å². The first-order chi connectivity index (χ1) is 11.8. The summed E-state index contributed by atoms with van der Waals surface area (Å²) in [6, 6.07) is 0.444. The third kappa shape index (κ3) is 5.47. The van der Waals surface area contributed by atoms with Gasteiger partial charge in [-0.05, 0) is 33.1 Å². The molecule has 2 fully saturated rings. The highest BCUT2D eigenvalue weighted by Crippen LogP contribution is 2.57. The summed E-state index contributed by atoms with van der Waals surface area (Å²) >= 11 is 0. The van der Waals surface area contributed by atoms with Gasteiger partial charge in [0, 0.05) is 36.6 Å². The molecule has 2 unspecified atom stereocenters. The number of halogens is 1. The van der Waals surface area contributed by atoms with Gasteiger partial charge in [-0.15, -0.1) is 24.0 Å². The number of carbonyl (C=O) groups excluding carboxylic acids is 1. The lowest BCUT2D eigenvalue weighted by molar-refractivity contribution is -0.168. The average molecular weight is 480 g/mol. The lowest BCUT2D eigenvalue weighted by Gasteiger charge is -2.61. The van der Waals surface area contributed by atoms with Crippen molar-refractivity contribution in [3.05, 3.63) is 0 Å². The van der Waals surface area contributed by atoms with Crippen LogP contribution in [0, 0.1) is 10.8 Å². The lowest BCUT2D eigenvalue weighted by atomic mass is 9.51. The molecule has 2 aliphatic carbocycles. The Morgan fingerprint density at radius 1 is 1.23 bits per heavy atom. The Bertz CT molecular complexity index is 486. The zero-order valence-electron chi connectivity index (χ0n) is 17.0. The molecule has 0 saturated heterocycles. The molecule has 1 spiro atoms. The summed E-state index contributed by atoms with van der Waals surface area (Å²) in [5, 5.41) is 9.86. The van der Waals surface area contributed by atoms with Crippen molar-refractivity contribution >= 4 is 35.8 Å². The summed E-state index contributed by atoms with van der Waals surface area (Å²) in [5.74, 6) is 0.909. The fourth-order valence-electron chi connectivity index (χ4n) is 3.73. The van der Waals surface area contributed by atoms with E-state index in [2.05, 4.69) is 34.8 Å². The van der Waals surface area contributed by atoms with E-state index in [1.54, 1.807) is 0 Å². The van der Waals surface area contributed by atoms with Crippen molar-refractivity contribution in [3.8, 4) is 0 Å². The van der Waals surface area contributed by atoms with Gasteiger partial charge in [0.15, 0.2) is 5.96 Å². The molecule has 0 aliphatic heterocycles. The largest absolute Gasteiger partial charge is 0.378 e. The first-order valence-corrected chi connectivity index (χ1v) is 9.78. The van der Waals surface area contributed by atoms with Gasteiger partial charge in [0.25, 0.3) is 0 Å². The quantitative estimate of drug-likeness (QED) is 0.227. The van der Waals surface area contributed by atoms with Gasteiger partial charge in [-0.2, -0.15) is 0 Å². The van der Waals surface area contributed by atoms with Crippen molar-refractivity contribution < 1.29 is 9.53 Å². The molecule has 2 saturated carbocycles. The molecule has 0 aromatic heterocycles. The molecular weight excluding hydrogens is 443 g/mol. The number of guanidine groups is 1. The van der Waals surface area contributed by atoms with Crippen molar-refractivity contribution in [2.75, 3.05) is 26.2 Å². The Morgan fingerprint density at radius 2 is 1.92 bits per heavy atom. The minimum absolute atomic E-state index is 0. The van der Waals surface area contributed by atoms with E-state index >= 15 is 0 Å². The maximum atomic E-state index is 11.9. The van der Waals surface area contributed by atoms with E-state index in [0.29, 0.717) is 30.7 Å². The zero-order chi connectivity index (χ0) is 18.5. The van der Waals surface area contributed by atoms with Crippen LogP contribution in [0.1, 0.15) is 60.3 Å². The smallest absolute Gasteiger partial charge is 0.225 e. The molecular formula is C19H37IN4O2. The van der Waals surface area contributed by atoms with Gasteiger partial charge in [-0.25, -0.2) is 0 Å². The van der Waals surface area contributed by atoms with Crippen LogP contribution >= 0.6 is 24.0 Å². The maximum Gasteiger partial charge on any atom is 0.225 e. The number of hydrogen-bond acceptors (Lipinski definition) is 3. The van der Waals surface area contributed by atoms with E-state index in [1.165, 1.54) is 19.3 Å². The molecule has 26 heavy (non-hydrogen) atoms. The highest BCUT2D eigenvalue weighted by molar-refractivity contribution is 14.0. The van der Waals surface area contributed by atoms with E-state index < -0.39 is 0 Å². The molecule has 2 atom stereocenters. The van der Waals surface area contributed by atoms with Crippen molar-refractivity contribution in [2.24, 2.45) is 15.8 Å². The third-order valence-electron chi connectivity index (χ3n) is 5.44. The van der Waals surface area contributed by atoms with Gasteiger partial charge in [0.05, 0.1) is 12.6 Å². The molecule has 0 bridgehead atoms. The Hall–Kier alpha value is -0.570. The number of nitrogens with one attached hydrogen (secondary N) is 3. The maximum absolute atomic E-state index is 11.9. The number of rotatable bonds is 7. The SMILES string of the molecule is CCNC(=NCCNC(=O)C(C)(C)C)NC1CC(OCC)C12CCC2.I. The number of hydrogen-bond donors (Lipinski definition) is 3. The molecule has 0 aromatic rings. The topological polar surface area (TPSA) is 74.8 Å². The van der Waals surface area contributed by atoms with Crippen LogP contribution in [-0.2, 0) is 9.53 Å². The van der Waals surface area contributed by atoms with E-state index in [1.807, 2.05) is 20.8 Å². The summed E-state index contributed by atoms with van der Waals surface area (Å²) < 4.78 is 5.92. The number of aliphatic imine (C=N–C) groups is 1. The van der Waals surface area contributed by atoms with Crippen molar-refractivity contribution in [1.82, 2.24) is 16.0 Å². The van der Waals surface area contributed by atoms with E-state index in [-0.39, 0.29) is 35.3 Å². The standard InChI is InChI=1S/C19H36N4O2.HI/c1-6-20-17(22-12-11-21-16(24)18(3,4)5)23-14-13-15(25-7-2)19(14)9-8-10-19;/h14-15H,6-13H2,1-5H3,(H,21,24)(H2,20,22,23);1H. The highest BCUT2D eigenvalue weighted by Gasteiger charge is 2.59. The van der Waals surface area contributed by atoms with Crippen LogP contribution in [0.25, 0.3) is 0 Å². The third-order valence-corrected chi connectivity index (χ3v) is 5.44. The van der Waals surface area contributed by atoms with Crippen LogP contribution in [-0.4, -0.2) is 50.3 Å². The van der Waals surface area contributed by atoms with Crippen molar-refractivity contribution in [1.29, 1.82) is 0 Å². The van der Waals surface area contributed by atoms with Crippen LogP contribution in [0.5, 0.6) is 0 Å². The zero-order valence-corrected chi connectivity index (χ0v) is 19.3. The summed E-state index contributed by atoms with van der Waals surface area (Å²) in [4.78, 5) is 16.5. The molecule has 152 valence electrons. The fourth-order valence-corrected chi connectivity index (χ4v) is 3.73. The van der Waals surface area contributed by atoms with Gasteiger partial charge in [-0.1, -0.05) is 27.2 Å². The van der Waals surface area contributed by atoms with Crippen LogP contribution in [0.4, 0.5) is 0 Å². The second-order valence-corrected chi connectivity index (χ2v) is 8.23. The number of carbonyl (C=O) groups is 1. The predicted molar refractivity (Wildman–Crippen MR) is 117 cm³/mol. The fraction of sp³-hybridized carbons (Fsp3) is 0.895. The molecule has 3 N–H and O–H groups in total. The molecule has 7 heteroatoms. The Morgan fingerprint density at radius 3 is 2.42 bits per heavy atom. The van der Waals surface area contributed by atoms with Gasteiger partial charge in [0.1, 0.15) is 0 Å². The number of amides is 1. The van der Waals surface area contributed by atoms with E-state index in [4.69, 9.17) is 4.74 Å². The molecule has 0 radical (unpaired) electrons. The highest BCUT2D eigenvalue weighted by atomic mass is 127. The molecule has 6 nitrogen and oxygen atoms in total. The first-order valence-electron chi connectivity index (χ1n) is 9.78. The summed E-state index contributed by atoms with van der Waals surface area (Å²) in [5.41, 5.74) is -0.0457. The van der Waals surface area contributed by atoms with Crippen LogP contribution in [0.15, 0.2) is 4.99 Å². The monoisotopic (exact) mass is 480 g/mol. The summed E-state index contributed by atoms with van der Waals surface area (Å²) in [7, 11) is 0. The minimum atomic E-state index is -0.358. The normalized spacial score (nSPS) is 24.1. The average Bonchev–Trinajstić information content (AvgIpc) is 2.47. The second kappa shape index (κ2) is 10.1. The number of nitrogens with zero attached hydrogens (tertiary/aromatic N) is 1. The molecule has 2 aliphatic rings. The van der Waals surface area contributed by atoms with Crippen LogP contribution < -0.4 is 16.0 Å². The minimum Gasteiger partial charge on any atom is -0.378 e. The molecule has 1 amide bonds. The van der Waals surface area contributed by atoms with Crippen molar-refractivity contribution in [2.45, 2.75) is 72.4 Å². The Balaban J connectivity index is 0.00000338. The predicted octanol–water partition coefficient (Wildman–Crippen LogP) is 2.67. The number of ether oxygens (including phenoxy) is 1. The molecule has 0 aromatic carbocycles. The first kappa shape index (κ1) is 23.5. The van der Waals surface area contributed by atoms with Crippen LogP contribution in [0.2, 0.25) is 0 Å². The Labute approximate surface area is 175 Å². The molecule has 0 heterocycles. The lowest BCUT2D eigenvalue weighted by Crippen LogP contribution is -2.68. The Kier molecular flexibility index (Phi) is 9.12. The van der Waals surface area contributed by atoms with Gasteiger partial charge >= 0.3 is 0 Å². The van der Waals surface area contributed by atoms with E-state index in [0.717, 1.165) is 25.5 Å². The van der Waals surface area contributed by atoms with Gasteiger partial charge < -0.3 is 20.7 Å². The summed E-state index contributed by atoms with van der Waals surface area (Å²) in [6.45, 7) is 12.7. The summed E-state index contributed by atoms with van der Waals surface area (Å²) in [6.07, 6.45) is 5.25. The van der Waals surface area contributed by atoms with Gasteiger partial charge in [-0.3, -0.25) is 9.79 Å². The molecule has 2 rings (SSSR count). The van der Waals surface area contributed by atoms with Crippen LogP contribution in [0.3, 0.4) is 0 Å². The second-order valence-electron chi connectivity index (χ2n) is 8.23. The van der Waals surface area contributed by atoms with Gasteiger partial charge in [0.2, 0.25) is 5.91 Å². The van der Waals surface area contributed by atoms with E-state index in [9.17, 15) is 4.79 Å².